The number of halogens is 1. The van der Waals surface area contributed by atoms with Gasteiger partial charge in [-0.3, -0.25) is 0 Å². The zero-order valence-corrected chi connectivity index (χ0v) is 25.0. The number of fused-ring (bicyclic) bond motifs is 1. The van der Waals surface area contributed by atoms with Crippen molar-refractivity contribution in [1.82, 2.24) is 9.88 Å². The molecule has 0 radical (unpaired) electrons. The van der Waals surface area contributed by atoms with Crippen LogP contribution < -0.4 is 14.8 Å². The van der Waals surface area contributed by atoms with E-state index < -0.39 is 6.10 Å². The first-order chi connectivity index (χ1) is 19.5. The molecule has 5 nitrogen and oxygen atoms in total. The average molecular weight is 571 g/mol. The molecule has 6 heteroatoms. The fourth-order valence-electron chi connectivity index (χ4n) is 5.67. The van der Waals surface area contributed by atoms with Crippen molar-refractivity contribution in [2.24, 2.45) is 0 Å². The molecule has 4 aromatic carbocycles. The highest BCUT2D eigenvalue weighted by molar-refractivity contribution is 6.06. The van der Waals surface area contributed by atoms with Crippen LogP contribution in [0.3, 0.4) is 0 Å². The fraction of sp³-hybridized carbons (Fsp3) is 0.257. The van der Waals surface area contributed by atoms with Crippen LogP contribution in [0.2, 0.25) is 0 Å². The summed E-state index contributed by atoms with van der Waals surface area (Å²) in [4.78, 5) is 0. The summed E-state index contributed by atoms with van der Waals surface area (Å²) in [5.74, 6) is 1.45. The number of hydrogen-bond donors (Lipinski definition) is 2. The predicted molar refractivity (Wildman–Crippen MR) is 172 cm³/mol. The molecule has 0 aliphatic rings. The summed E-state index contributed by atoms with van der Waals surface area (Å²) in [6.07, 6.45) is 0.263. The Morgan fingerprint density at radius 3 is 2.12 bits per heavy atom. The zero-order chi connectivity index (χ0) is 28.1. The number of benzene rings is 4. The highest BCUT2D eigenvalue weighted by Gasteiger charge is 2.23. The molecular formula is C35H39ClN2O3. The molecule has 0 spiro atoms. The van der Waals surface area contributed by atoms with Crippen molar-refractivity contribution in [2.75, 3.05) is 27.3 Å². The Kier molecular flexibility index (Phi) is 10.1. The second kappa shape index (κ2) is 13.7. The lowest BCUT2D eigenvalue weighted by Crippen LogP contribution is -2.31. The molecule has 1 heterocycles. The van der Waals surface area contributed by atoms with Crippen molar-refractivity contribution in [1.29, 1.82) is 0 Å². The number of aliphatic hydroxyl groups excluding tert-OH is 1. The minimum absolute atomic E-state index is 0. The third-order valence-electron chi connectivity index (χ3n) is 7.41. The molecule has 0 saturated carbocycles. The summed E-state index contributed by atoms with van der Waals surface area (Å²) in [7, 11) is 3.29. The van der Waals surface area contributed by atoms with Gasteiger partial charge in [-0.2, -0.15) is 0 Å². The van der Waals surface area contributed by atoms with E-state index in [1.54, 1.807) is 14.2 Å². The Balaban J connectivity index is 0.00000387. The van der Waals surface area contributed by atoms with E-state index >= 15 is 0 Å². The average Bonchev–Trinajstić information content (AvgIpc) is 3.29. The van der Waals surface area contributed by atoms with Gasteiger partial charge in [-0.15, -0.1) is 12.4 Å². The van der Waals surface area contributed by atoms with Crippen molar-refractivity contribution in [2.45, 2.75) is 32.9 Å². The molecule has 1 atom stereocenters. The SMILES string of the molecule is COc1ccc(CCNCC(O)Cn2c(-c3ccccc3)c(-c3ccccc3)c3cc(C)cc(C)c32)cc1OC.Cl. The molecule has 2 N–H and O–H groups in total. The van der Waals surface area contributed by atoms with Crippen molar-refractivity contribution < 1.29 is 14.6 Å². The van der Waals surface area contributed by atoms with E-state index in [2.05, 4.69) is 90.5 Å². The number of aryl methyl sites for hydroxylation is 2. The number of aliphatic hydroxyl groups is 1. The van der Waals surface area contributed by atoms with Crippen molar-refractivity contribution in [3.8, 4) is 33.9 Å². The minimum atomic E-state index is -0.562. The van der Waals surface area contributed by atoms with Crippen LogP contribution in [0.4, 0.5) is 0 Å². The molecule has 0 aliphatic carbocycles. The number of rotatable bonds is 11. The van der Waals surface area contributed by atoms with E-state index in [4.69, 9.17) is 9.47 Å². The van der Waals surface area contributed by atoms with Crippen LogP contribution >= 0.6 is 12.4 Å². The fourth-order valence-corrected chi connectivity index (χ4v) is 5.67. The van der Waals surface area contributed by atoms with Gasteiger partial charge in [0, 0.05) is 17.5 Å². The lowest BCUT2D eigenvalue weighted by molar-refractivity contribution is 0.154. The summed E-state index contributed by atoms with van der Waals surface area (Å²) in [6.45, 7) is 6.05. The Bertz CT molecular complexity index is 1580. The maximum absolute atomic E-state index is 11.3. The van der Waals surface area contributed by atoms with Crippen LogP contribution in [-0.4, -0.2) is 43.1 Å². The van der Waals surface area contributed by atoms with E-state index in [1.165, 1.54) is 33.2 Å². The van der Waals surface area contributed by atoms with Crippen LogP contribution in [0.25, 0.3) is 33.3 Å². The molecule has 0 bridgehead atoms. The van der Waals surface area contributed by atoms with E-state index in [-0.39, 0.29) is 12.4 Å². The molecule has 0 aliphatic heterocycles. The van der Waals surface area contributed by atoms with Crippen LogP contribution in [-0.2, 0) is 13.0 Å². The van der Waals surface area contributed by atoms with E-state index in [1.807, 2.05) is 24.3 Å². The van der Waals surface area contributed by atoms with Gasteiger partial charge in [0.15, 0.2) is 11.5 Å². The largest absolute Gasteiger partial charge is 0.493 e. The smallest absolute Gasteiger partial charge is 0.160 e. The van der Waals surface area contributed by atoms with Crippen molar-refractivity contribution in [3.05, 3.63) is 108 Å². The molecule has 0 fully saturated rings. The first-order valence-corrected chi connectivity index (χ1v) is 13.8. The number of nitrogens with one attached hydrogen (secondary N) is 1. The summed E-state index contributed by atoms with van der Waals surface area (Å²) in [5, 5.41) is 16.0. The van der Waals surface area contributed by atoms with Gasteiger partial charge in [-0.05, 0) is 67.3 Å². The van der Waals surface area contributed by atoms with Crippen LogP contribution in [0.5, 0.6) is 11.5 Å². The Hall–Kier alpha value is -3.77. The second-order valence-corrected chi connectivity index (χ2v) is 10.3. The number of hydrogen-bond acceptors (Lipinski definition) is 4. The summed E-state index contributed by atoms with van der Waals surface area (Å²) < 4.78 is 13.1. The van der Waals surface area contributed by atoms with Crippen molar-refractivity contribution >= 4 is 23.3 Å². The maximum atomic E-state index is 11.3. The van der Waals surface area contributed by atoms with Gasteiger partial charge in [-0.1, -0.05) is 78.4 Å². The third kappa shape index (κ3) is 6.59. The molecule has 41 heavy (non-hydrogen) atoms. The number of ether oxygens (including phenoxy) is 2. The Morgan fingerprint density at radius 1 is 0.805 bits per heavy atom. The topological polar surface area (TPSA) is 55.6 Å². The van der Waals surface area contributed by atoms with Gasteiger partial charge in [-0.25, -0.2) is 0 Å². The number of nitrogens with zero attached hydrogens (tertiary/aromatic N) is 1. The van der Waals surface area contributed by atoms with Gasteiger partial charge in [0.1, 0.15) is 0 Å². The molecule has 1 unspecified atom stereocenters. The molecule has 5 aromatic rings. The predicted octanol–water partition coefficient (Wildman–Crippen LogP) is 7.22. The standard InChI is InChI=1S/C35H38N2O3.ClH/c1-24-19-25(2)34-30(20-24)33(27-11-7-5-8-12-27)35(28-13-9-6-10-14-28)37(34)23-29(38)22-36-18-17-26-15-16-31(39-3)32(21-26)40-4;/h5-16,19-21,29,36,38H,17-18,22-23H2,1-4H3;1H. The lowest BCUT2D eigenvalue weighted by Gasteiger charge is -2.18. The molecule has 5 rings (SSSR count). The van der Waals surface area contributed by atoms with Gasteiger partial charge in [0.25, 0.3) is 0 Å². The second-order valence-electron chi connectivity index (χ2n) is 10.3. The summed E-state index contributed by atoms with van der Waals surface area (Å²) >= 11 is 0. The van der Waals surface area contributed by atoms with E-state index in [9.17, 15) is 5.11 Å². The molecule has 214 valence electrons. The molecule has 0 amide bonds. The van der Waals surface area contributed by atoms with Crippen molar-refractivity contribution in [3.63, 3.8) is 0 Å². The highest BCUT2D eigenvalue weighted by atomic mass is 35.5. The van der Waals surface area contributed by atoms with Gasteiger partial charge in [0.2, 0.25) is 0 Å². The van der Waals surface area contributed by atoms with E-state index in [0.717, 1.165) is 41.3 Å². The normalized spacial score (nSPS) is 11.7. The van der Waals surface area contributed by atoms with Crippen LogP contribution in [0, 0.1) is 13.8 Å². The number of methoxy groups -OCH3 is 2. The zero-order valence-electron chi connectivity index (χ0n) is 24.2. The quantitative estimate of drug-likeness (QED) is 0.165. The minimum Gasteiger partial charge on any atom is -0.493 e. The summed E-state index contributed by atoms with van der Waals surface area (Å²) in [5.41, 5.74) is 9.44. The first-order valence-electron chi connectivity index (χ1n) is 13.8. The highest BCUT2D eigenvalue weighted by Crippen LogP contribution is 2.42. The summed E-state index contributed by atoms with van der Waals surface area (Å²) in [6, 6.07) is 31.6. The number of aromatic nitrogens is 1. The monoisotopic (exact) mass is 570 g/mol. The molecule has 1 aromatic heterocycles. The Labute approximate surface area is 249 Å². The van der Waals surface area contributed by atoms with Gasteiger partial charge >= 0.3 is 0 Å². The first kappa shape index (κ1) is 30.2. The molecule has 0 saturated heterocycles. The molecular weight excluding hydrogens is 532 g/mol. The Morgan fingerprint density at radius 2 is 1.46 bits per heavy atom. The third-order valence-corrected chi connectivity index (χ3v) is 7.41. The maximum Gasteiger partial charge on any atom is 0.160 e. The van der Waals surface area contributed by atoms with Gasteiger partial charge < -0.3 is 24.5 Å². The van der Waals surface area contributed by atoms with Crippen LogP contribution in [0.15, 0.2) is 91.0 Å². The van der Waals surface area contributed by atoms with Crippen LogP contribution in [0.1, 0.15) is 16.7 Å². The lowest BCUT2D eigenvalue weighted by atomic mass is 9.97. The van der Waals surface area contributed by atoms with E-state index in [0.29, 0.717) is 13.1 Å². The van der Waals surface area contributed by atoms with Gasteiger partial charge in [0.05, 0.1) is 38.1 Å².